The van der Waals surface area contributed by atoms with Gasteiger partial charge < -0.3 is 19.6 Å². The van der Waals surface area contributed by atoms with E-state index in [9.17, 15) is 0 Å². The summed E-state index contributed by atoms with van der Waals surface area (Å²) in [6.07, 6.45) is 1.81. The first-order valence-electron chi connectivity index (χ1n) is 21.1. The van der Waals surface area contributed by atoms with E-state index in [0.29, 0.717) is 11.8 Å². The van der Waals surface area contributed by atoms with Crippen LogP contribution < -0.4 is 10.1 Å². The maximum absolute atomic E-state index is 6.12. The molecule has 1 aliphatic heterocycles. The fourth-order valence-corrected chi connectivity index (χ4v) is 9.42. The minimum absolute atomic E-state index is 0. The van der Waals surface area contributed by atoms with Crippen molar-refractivity contribution in [2.45, 2.75) is 65.3 Å². The number of aromatic nitrogens is 1. The van der Waals surface area contributed by atoms with Gasteiger partial charge in [0.25, 0.3) is 0 Å². The predicted octanol–water partition coefficient (Wildman–Crippen LogP) is 15.4. The van der Waals surface area contributed by atoms with Crippen LogP contribution >= 0.6 is 0 Å². The van der Waals surface area contributed by atoms with E-state index in [1.54, 1.807) is 0 Å². The summed E-state index contributed by atoms with van der Waals surface area (Å²) >= 11 is 0. The minimum Gasteiger partial charge on any atom is -0.661 e. The zero-order chi connectivity index (χ0) is 41.5. The summed E-state index contributed by atoms with van der Waals surface area (Å²) in [5.41, 5.74) is 13.4. The third-order valence-electron chi connectivity index (χ3n) is 11.6. The van der Waals surface area contributed by atoms with Gasteiger partial charge in [-0.3, -0.25) is 0 Å². The fourth-order valence-electron chi connectivity index (χ4n) is 8.38. The summed E-state index contributed by atoms with van der Waals surface area (Å²) in [5.74, 6) is 0.655. The monoisotopic (exact) mass is 989 g/mol. The zero-order valence-corrected chi connectivity index (χ0v) is 39.2. The Hall–Kier alpha value is -5.78. The van der Waals surface area contributed by atoms with E-state index in [4.69, 9.17) is 9.73 Å². The molecular formula is C55H50IrN3OSi. The van der Waals surface area contributed by atoms with Crippen molar-refractivity contribution in [2.75, 3.05) is 4.90 Å². The van der Waals surface area contributed by atoms with E-state index in [2.05, 4.69) is 197 Å². The zero-order valence-electron chi connectivity index (χ0n) is 35.8. The topological polar surface area (TPSA) is 43.4 Å². The van der Waals surface area contributed by atoms with Crippen molar-refractivity contribution in [2.24, 2.45) is 0 Å². The van der Waals surface area contributed by atoms with Crippen LogP contribution in [-0.4, -0.2) is 13.1 Å². The van der Waals surface area contributed by atoms with Crippen LogP contribution in [0.4, 0.5) is 17.1 Å². The Balaban J connectivity index is 0.000000206. The molecule has 4 nitrogen and oxygen atoms in total. The summed E-state index contributed by atoms with van der Waals surface area (Å²) in [5, 5.41) is 11.4. The van der Waals surface area contributed by atoms with Crippen LogP contribution in [0.3, 0.4) is 0 Å². The third kappa shape index (κ3) is 8.21. The Morgan fingerprint density at radius 3 is 2.03 bits per heavy atom. The molecule has 61 heavy (non-hydrogen) atoms. The average Bonchev–Trinajstić information content (AvgIpc) is 3.84. The van der Waals surface area contributed by atoms with Crippen molar-refractivity contribution >= 4 is 63.0 Å². The molecule has 9 aromatic rings. The fraction of sp³-hybridized carbons (Fsp3) is 0.182. The molecule has 0 radical (unpaired) electrons. The standard InChI is InChI=1S/C37H32N2O.C18H18NSi.Ir/c1-23(2)29-21-27(25-12-6-5-7-13-25)22-30(24(3)4)36(29)39-33-16-10-9-15-32(33)38-37(39)26-18-19-35-31(20-26)28-14-8-11-17-34(28)40-35;1-20(2,3)15-11-12-18(19-13-15)17-10-6-8-14-7-4-5-9-16(14)17;/h5-17,19-24,37H,1-4H3;4-9,11-13H,1-3H3;/q-2;-1;+3. The molecule has 0 saturated carbocycles. The number of hydrogen-bond acceptors (Lipinski definition) is 3. The average molecular weight is 989 g/mol. The number of rotatable bonds is 7. The smallest absolute Gasteiger partial charge is 0.661 e. The Kier molecular flexibility index (Phi) is 11.9. The molecule has 0 saturated heterocycles. The maximum atomic E-state index is 6.12. The molecule has 0 amide bonds. The summed E-state index contributed by atoms with van der Waals surface area (Å²) < 4.78 is 6.12. The van der Waals surface area contributed by atoms with Crippen molar-refractivity contribution in [3.05, 3.63) is 192 Å². The van der Waals surface area contributed by atoms with Gasteiger partial charge in [0.2, 0.25) is 0 Å². The molecule has 1 unspecified atom stereocenters. The second-order valence-electron chi connectivity index (χ2n) is 17.4. The van der Waals surface area contributed by atoms with Gasteiger partial charge in [0, 0.05) is 28.5 Å². The van der Waals surface area contributed by atoms with Gasteiger partial charge in [-0.05, 0) is 75.4 Å². The second kappa shape index (κ2) is 17.3. The van der Waals surface area contributed by atoms with E-state index in [1.165, 1.54) is 43.9 Å². The summed E-state index contributed by atoms with van der Waals surface area (Å²) in [4.78, 5) is 7.12. The molecule has 2 aromatic heterocycles. The Morgan fingerprint density at radius 1 is 0.656 bits per heavy atom. The minimum atomic E-state index is -1.28. The summed E-state index contributed by atoms with van der Waals surface area (Å²) in [6.45, 7) is 16.2. The molecule has 1 atom stereocenters. The van der Waals surface area contributed by atoms with E-state index in [0.717, 1.165) is 50.1 Å². The number of fused-ring (bicyclic) bond motifs is 5. The molecule has 0 N–H and O–H groups in total. The summed E-state index contributed by atoms with van der Waals surface area (Å²) in [7, 11) is -1.28. The molecular weight excluding hydrogens is 939 g/mol. The van der Waals surface area contributed by atoms with Crippen LogP contribution in [0, 0.1) is 12.1 Å². The molecule has 304 valence electrons. The Labute approximate surface area is 375 Å². The number of hydrogen-bond donors (Lipinski definition) is 0. The van der Waals surface area contributed by atoms with E-state index < -0.39 is 8.07 Å². The second-order valence-corrected chi connectivity index (χ2v) is 22.5. The van der Waals surface area contributed by atoms with Gasteiger partial charge in [-0.1, -0.05) is 161 Å². The number of anilines is 2. The molecule has 7 aromatic carbocycles. The van der Waals surface area contributed by atoms with Gasteiger partial charge in [-0.25, -0.2) is 0 Å². The van der Waals surface area contributed by atoms with E-state index >= 15 is 0 Å². The van der Waals surface area contributed by atoms with Crippen LogP contribution in [-0.2, 0) is 20.1 Å². The van der Waals surface area contributed by atoms with Gasteiger partial charge in [0.1, 0.15) is 5.58 Å². The van der Waals surface area contributed by atoms with Gasteiger partial charge in [-0.2, -0.15) is 17.7 Å². The van der Waals surface area contributed by atoms with Crippen LogP contribution in [0.2, 0.25) is 19.6 Å². The number of furan rings is 1. The molecule has 3 heterocycles. The summed E-state index contributed by atoms with van der Waals surface area (Å²) in [6, 6.07) is 60.1. The first kappa shape index (κ1) is 41.9. The van der Waals surface area contributed by atoms with Gasteiger partial charge in [-0.15, -0.1) is 40.9 Å². The number of pyridine rings is 1. The molecule has 0 fully saturated rings. The number of para-hydroxylation sites is 3. The molecule has 0 bridgehead atoms. The van der Waals surface area contributed by atoms with Crippen LogP contribution in [0.5, 0.6) is 0 Å². The largest absolute Gasteiger partial charge is 3.00 e. The molecule has 0 spiro atoms. The van der Waals surface area contributed by atoms with Crippen molar-refractivity contribution in [1.82, 2.24) is 4.98 Å². The first-order chi connectivity index (χ1) is 29.0. The van der Waals surface area contributed by atoms with Crippen molar-refractivity contribution in [1.29, 1.82) is 0 Å². The molecule has 1 aliphatic rings. The predicted molar refractivity (Wildman–Crippen MR) is 256 cm³/mol. The molecule has 0 aliphatic carbocycles. The van der Waals surface area contributed by atoms with Crippen LogP contribution in [0.15, 0.2) is 162 Å². The van der Waals surface area contributed by atoms with E-state index in [1.807, 2.05) is 30.5 Å². The quantitative estimate of drug-likeness (QED) is 0.118. The number of benzene rings is 7. The Morgan fingerprint density at radius 2 is 1.33 bits per heavy atom. The van der Waals surface area contributed by atoms with Gasteiger partial charge in [0.05, 0.1) is 8.07 Å². The van der Waals surface area contributed by atoms with Gasteiger partial charge >= 0.3 is 20.1 Å². The normalized spacial score (nSPS) is 13.6. The maximum Gasteiger partial charge on any atom is 3.00 e. The Bertz CT molecular complexity index is 2930. The van der Waals surface area contributed by atoms with Crippen LogP contribution in [0.25, 0.3) is 60.4 Å². The van der Waals surface area contributed by atoms with Crippen molar-refractivity contribution in [3.8, 4) is 22.4 Å². The van der Waals surface area contributed by atoms with Crippen LogP contribution in [0.1, 0.15) is 62.4 Å². The number of nitrogens with zero attached hydrogens (tertiary/aromatic N) is 3. The molecule has 10 rings (SSSR count). The van der Waals surface area contributed by atoms with Crippen molar-refractivity contribution < 1.29 is 24.5 Å². The van der Waals surface area contributed by atoms with Crippen molar-refractivity contribution in [3.63, 3.8) is 0 Å². The van der Waals surface area contributed by atoms with Gasteiger partial charge in [0.15, 0.2) is 0 Å². The third-order valence-corrected chi connectivity index (χ3v) is 13.7. The van der Waals surface area contributed by atoms with E-state index in [-0.39, 0.29) is 26.3 Å². The first-order valence-corrected chi connectivity index (χ1v) is 24.6. The molecule has 6 heteroatoms. The SMILES string of the molecule is CC(C)c1cc(-c2ccccc2)cc(C(C)C)c1N1c2ccccc2[N-]C1c1[c-]cc2oc3ccccc3c2c1.C[Si](C)(C)c1ccc(-c2[c-]ccc3ccccc23)nc1.[Ir+3].